The van der Waals surface area contributed by atoms with E-state index in [0.29, 0.717) is 11.1 Å². The molecule has 13 heavy (non-hydrogen) atoms. The molecule has 0 aliphatic carbocycles. The molecule has 4 heteroatoms. The van der Waals surface area contributed by atoms with Crippen molar-refractivity contribution in [1.29, 1.82) is 0 Å². The zero-order valence-corrected chi connectivity index (χ0v) is 8.01. The van der Waals surface area contributed by atoms with Crippen molar-refractivity contribution in [2.24, 2.45) is 0 Å². The Kier molecular flexibility index (Phi) is 2.48. The number of carboxylic acids is 1. The number of halogens is 1. The van der Waals surface area contributed by atoms with Crippen molar-refractivity contribution in [2.75, 3.05) is 0 Å². The number of carboxylic acid groups (broad SMARTS) is 1. The van der Waals surface area contributed by atoms with Gasteiger partial charge in [-0.15, -0.1) is 0 Å². The molecule has 1 aromatic carbocycles. The second-order valence-corrected chi connectivity index (χ2v) is 3.21. The highest BCUT2D eigenvalue weighted by atomic mass is 35.5. The quantitative estimate of drug-likeness (QED) is 0.732. The van der Waals surface area contributed by atoms with Crippen molar-refractivity contribution in [3.63, 3.8) is 0 Å². The summed E-state index contributed by atoms with van der Waals surface area (Å²) in [6.45, 7) is 3.19. The summed E-state index contributed by atoms with van der Waals surface area (Å²) in [5.41, 5.74) is 1.06. The van der Waals surface area contributed by atoms with Crippen molar-refractivity contribution >= 4 is 17.6 Å². The maximum Gasteiger partial charge on any atom is 0.336 e. The van der Waals surface area contributed by atoms with Gasteiger partial charge in [0, 0.05) is 0 Å². The zero-order chi connectivity index (χ0) is 10.2. The molecule has 0 unspecified atom stereocenters. The Bertz CT molecular complexity index is 372. The Balaban J connectivity index is 3.53. The van der Waals surface area contributed by atoms with Gasteiger partial charge in [-0.3, -0.25) is 0 Å². The molecule has 0 saturated carbocycles. The first-order chi connectivity index (χ1) is 5.95. The molecule has 0 aliphatic rings. The van der Waals surface area contributed by atoms with Crippen LogP contribution in [0.3, 0.4) is 0 Å². The standard InChI is InChI=1S/C9H9ClO3/c1-4-3-6(11)8(10)5(2)7(4)9(12)13/h3,11H,1-2H3,(H,12,13). The van der Waals surface area contributed by atoms with Crippen LogP contribution in [0.4, 0.5) is 0 Å². The van der Waals surface area contributed by atoms with E-state index in [2.05, 4.69) is 0 Å². The Morgan fingerprint density at radius 3 is 2.46 bits per heavy atom. The van der Waals surface area contributed by atoms with E-state index in [1.165, 1.54) is 6.07 Å². The molecule has 0 saturated heterocycles. The first-order valence-corrected chi connectivity index (χ1v) is 4.05. The summed E-state index contributed by atoms with van der Waals surface area (Å²) in [4.78, 5) is 10.8. The fourth-order valence-corrected chi connectivity index (χ4v) is 1.42. The lowest BCUT2D eigenvalue weighted by Crippen LogP contribution is -2.03. The maximum atomic E-state index is 10.8. The summed E-state index contributed by atoms with van der Waals surface area (Å²) < 4.78 is 0. The molecule has 2 N–H and O–H groups in total. The van der Waals surface area contributed by atoms with E-state index in [9.17, 15) is 9.90 Å². The van der Waals surface area contributed by atoms with Gasteiger partial charge in [-0.1, -0.05) is 11.6 Å². The third-order valence-corrected chi connectivity index (χ3v) is 2.37. The molecule has 0 aliphatic heterocycles. The lowest BCUT2D eigenvalue weighted by atomic mass is 10.0. The van der Waals surface area contributed by atoms with Gasteiger partial charge in [0.1, 0.15) is 5.75 Å². The van der Waals surface area contributed by atoms with Crippen LogP contribution in [0.1, 0.15) is 21.5 Å². The van der Waals surface area contributed by atoms with Crippen LogP contribution >= 0.6 is 11.6 Å². The SMILES string of the molecule is Cc1cc(O)c(Cl)c(C)c1C(=O)O. The van der Waals surface area contributed by atoms with Crippen LogP contribution in [-0.4, -0.2) is 16.2 Å². The number of hydrogen-bond acceptors (Lipinski definition) is 2. The molecule has 70 valence electrons. The first kappa shape index (κ1) is 9.86. The summed E-state index contributed by atoms with van der Waals surface area (Å²) in [6, 6.07) is 1.35. The molecule has 0 heterocycles. The molecular formula is C9H9ClO3. The highest BCUT2D eigenvalue weighted by molar-refractivity contribution is 6.33. The van der Waals surface area contributed by atoms with E-state index in [0.717, 1.165) is 0 Å². The molecule has 0 radical (unpaired) electrons. The number of rotatable bonds is 1. The highest BCUT2D eigenvalue weighted by Gasteiger charge is 2.15. The van der Waals surface area contributed by atoms with Gasteiger partial charge in [-0.25, -0.2) is 4.79 Å². The minimum atomic E-state index is -1.03. The number of hydrogen-bond donors (Lipinski definition) is 2. The fourth-order valence-electron chi connectivity index (χ4n) is 1.27. The van der Waals surface area contributed by atoms with Crippen LogP contribution in [0.5, 0.6) is 5.75 Å². The van der Waals surface area contributed by atoms with Gasteiger partial charge in [0.2, 0.25) is 0 Å². The Morgan fingerprint density at radius 2 is 2.00 bits per heavy atom. The summed E-state index contributed by atoms with van der Waals surface area (Å²) in [6.07, 6.45) is 0. The molecule has 1 rings (SSSR count). The first-order valence-electron chi connectivity index (χ1n) is 3.67. The highest BCUT2D eigenvalue weighted by Crippen LogP contribution is 2.31. The van der Waals surface area contributed by atoms with Crippen molar-refractivity contribution < 1.29 is 15.0 Å². The predicted molar refractivity (Wildman–Crippen MR) is 49.6 cm³/mol. The van der Waals surface area contributed by atoms with Crippen LogP contribution in [0, 0.1) is 13.8 Å². The fraction of sp³-hybridized carbons (Fsp3) is 0.222. The normalized spacial score (nSPS) is 10.1. The zero-order valence-electron chi connectivity index (χ0n) is 7.26. The number of carbonyl (C=O) groups is 1. The second-order valence-electron chi connectivity index (χ2n) is 2.83. The molecule has 0 spiro atoms. The van der Waals surface area contributed by atoms with E-state index in [4.69, 9.17) is 16.7 Å². The van der Waals surface area contributed by atoms with E-state index >= 15 is 0 Å². The van der Waals surface area contributed by atoms with Gasteiger partial charge in [-0.05, 0) is 31.0 Å². The van der Waals surface area contributed by atoms with Crippen molar-refractivity contribution in [1.82, 2.24) is 0 Å². The molecule has 0 aromatic heterocycles. The third-order valence-electron chi connectivity index (χ3n) is 1.89. The lowest BCUT2D eigenvalue weighted by molar-refractivity contribution is 0.0695. The van der Waals surface area contributed by atoms with Crippen LogP contribution in [0.25, 0.3) is 0 Å². The number of aromatic hydroxyl groups is 1. The average Bonchev–Trinajstić information content (AvgIpc) is 1.99. The monoisotopic (exact) mass is 200 g/mol. The van der Waals surface area contributed by atoms with E-state index in [1.807, 2.05) is 0 Å². The summed E-state index contributed by atoms with van der Waals surface area (Å²) in [7, 11) is 0. The van der Waals surface area contributed by atoms with Gasteiger partial charge >= 0.3 is 5.97 Å². The Morgan fingerprint density at radius 1 is 1.46 bits per heavy atom. The van der Waals surface area contributed by atoms with E-state index in [1.54, 1.807) is 13.8 Å². The number of phenolic OH excluding ortho intramolecular Hbond substituents is 1. The van der Waals surface area contributed by atoms with Crippen molar-refractivity contribution in [3.05, 3.63) is 27.8 Å². The average molecular weight is 201 g/mol. The van der Waals surface area contributed by atoms with Gasteiger partial charge in [0.15, 0.2) is 0 Å². The molecule has 0 fully saturated rings. The lowest BCUT2D eigenvalue weighted by Gasteiger charge is -2.08. The van der Waals surface area contributed by atoms with Gasteiger partial charge in [0.05, 0.1) is 10.6 Å². The Hall–Kier alpha value is -1.22. The largest absolute Gasteiger partial charge is 0.506 e. The third kappa shape index (κ3) is 1.60. The van der Waals surface area contributed by atoms with Crippen LogP contribution in [0.2, 0.25) is 5.02 Å². The number of benzene rings is 1. The number of aromatic carboxylic acids is 1. The van der Waals surface area contributed by atoms with E-state index < -0.39 is 5.97 Å². The molecule has 1 aromatic rings. The summed E-state index contributed by atoms with van der Waals surface area (Å²) in [5, 5.41) is 18.2. The summed E-state index contributed by atoms with van der Waals surface area (Å²) >= 11 is 5.69. The number of phenols is 1. The van der Waals surface area contributed by atoms with E-state index in [-0.39, 0.29) is 16.3 Å². The summed E-state index contributed by atoms with van der Waals surface area (Å²) in [5.74, 6) is -1.11. The van der Waals surface area contributed by atoms with Crippen LogP contribution in [0.15, 0.2) is 6.07 Å². The maximum absolute atomic E-state index is 10.8. The molecule has 0 amide bonds. The van der Waals surface area contributed by atoms with Crippen molar-refractivity contribution in [3.8, 4) is 5.75 Å². The van der Waals surface area contributed by atoms with Crippen molar-refractivity contribution in [2.45, 2.75) is 13.8 Å². The molecule has 0 atom stereocenters. The van der Waals surface area contributed by atoms with Crippen LogP contribution < -0.4 is 0 Å². The smallest absolute Gasteiger partial charge is 0.336 e. The topological polar surface area (TPSA) is 57.5 Å². The molecular weight excluding hydrogens is 192 g/mol. The molecule has 3 nitrogen and oxygen atoms in total. The van der Waals surface area contributed by atoms with Crippen LogP contribution in [-0.2, 0) is 0 Å². The van der Waals surface area contributed by atoms with Gasteiger partial charge in [0.25, 0.3) is 0 Å². The predicted octanol–water partition coefficient (Wildman–Crippen LogP) is 2.36. The van der Waals surface area contributed by atoms with Gasteiger partial charge in [-0.2, -0.15) is 0 Å². The Labute approximate surface area is 80.6 Å². The molecule has 0 bridgehead atoms. The van der Waals surface area contributed by atoms with Gasteiger partial charge < -0.3 is 10.2 Å². The minimum absolute atomic E-state index is 0.0818. The number of aryl methyl sites for hydroxylation is 1. The second kappa shape index (κ2) is 3.26. The minimum Gasteiger partial charge on any atom is -0.506 e.